The number of nitrogens with one attached hydrogen (secondary N) is 1. The molecule has 28 heavy (non-hydrogen) atoms. The second-order valence-corrected chi connectivity index (χ2v) is 7.68. The summed E-state index contributed by atoms with van der Waals surface area (Å²) in [5.74, 6) is 0.946. The van der Waals surface area contributed by atoms with Gasteiger partial charge < -0.3 is 9.88 Å². The zero-order valence-electron chi connectivity index (χ0n) is 17.1. The van der Waals surface area contributed by atoms with Crippen molar-refractivity contribution in [3.8, 4) is 0 Å². The summed E-state index contributed by atoms with van der Waals surface area (Å²) in [5.41, 5.74) is 8.93. The maximum Gasteiger partial charge on any atom is 0.150 e. The van der Waals surface area contributed by atoms with Crippen molar-refractivity contribution in [1.82, 2.24) is 9.55 Å². The summed E-state index contributed by atoms with van der Waals surface area (Å²) in [5, 5.41) is 4.84. The molecule has 0 atom stereocenters. The number of anilines is 1. The Morgan fingerprint density at radius 2 is 1.39 bits per heavy atom. The van der Waals surface area contributed by atoms with Gasteiger partial charge in [-0.1, -0.05) is 59.7 Å². The number of rotatable bonds is 5. The van der Waals surface area contributed by atoms with Crippen molar-refractivity contribution in [2.24, 2.45) is 0 Å². The van der Waals surface area contributed by atoms with Crippen LogP contribution in [0.3, 0.4) is 0 Å². The summed E-state index contributed by atoms with van der Waals surface area (Å²) >= 11 is 0. The van der Waals surface area contributed by atoms with E-state index in [2.05, 4.69) is 97.2 Å². The van der Waals surface area contributed by atoms with Crippen LogP contribution in [0.25, 0.3) is 10.9 Å². The van der Waals surface area contributed by atoms with E-state index >= 15 is 0 Å². The van der Waals surface area contributed by atoms with Crippen molar-refractivity contribution in [3.63, 3.8) is 0 Å². The highest BCUT2D eigenvalue weighted by Crippen LogP contribution is 2.30. The Bertz CT molecular complexity index is 1100. The molecule has 2 heterocycles. The van der Waals surface area contributed by atoms with Crippen LogP contribution >= 0.6 is 0 Å². The number of aryl methyl sites for hydroxylation is 3. The third-order valence-corrected chi connectivity index (χ3v) is 5.59. The average molecular weight is 370 g/mol. The van der Waals surface area contributed by atoms with Crippen LogP contribution in [0.2, 0.25) is 0 Å². The minimum atomic E-state index is 0.764. The molecule has 0 saturated carbocycles. The van der Waals surface area contributed by atoms with Crippen LogP contribution < -0.4 is 5.32 Å². The molecule has 1 N–H and O–H groups in total. The third kappa shape index (κ3) is 3.53. The number of hydrogen-bond acceptors (Lipinski definition) is 2. The van der Waals surface area contributed by atoms with Crippen LogP contribution in [-0.4, -0.2) is 9.55 Å². The second-order valence-electron chi connectivity index (χ2n) is 7.68. The Morgan fingerprint density at radius 1 is 0.786 bits per heavy atom. The van der Waals surface area contributed by atoms with E-state index in [1.165, 1.54) is 44.4 Å². The first-order chi connectivity index (χ1) is 13.5. The summed E-state index contributed by atoms with van der Waals surface area (Å²) in [4.78, 5) is 4.68. The van der Waals surface area contributed by atoms with Gasteiger partial charge in [-0.3, -0.25) is 0 Å². The van der Waals surface area contributed by atoms with Gasteiger partial charge in [-0.25, -0.2) is 4.98 Å². The van der Waals surface area contributed by atoms with Crippen molar-refractivity contribution in [3.05, 3.63) is 94.3 Å². The Morgan fingerprint density at radius 3 is 2.04 bits per heavy atom. The average Bonchev–Trinajstić information content (AvgIpc) is 2.95. The molecule has 0 fully saturated rings. The van der Waals surface area contributed by atoms with Crippen molar-refractivity contribution in [2.75, 3.05) is 5.32 Å². The molecular weight excluding hydrogens is 342 g/mol. The lowest BCUT2D eigenvalue weighted by atomic mass is 10.1. The molecule has 3 heteroatoms. The molecule has 4 aromatic rings. The SMILES string of the molecule is Cc1ccc(CNc2nccc3c(C)c(C)n(Cc4ccc(C)cc4)c23)cc1. The number of aromatic nitrogens is 2. The summed E-state index contributed by atoms with van der Waals surface area (Å²) in [6, 6.07) is 19.6. The topological polar surface area (TPSA) is 29.9 Å². The molecule has 0 unspecified atom stereocenters. The predicted molar refractivity (Wildman–Crippen MR) is 118 cm³/mol. The van der Waals surface area contributed by atoms with Crippen LogP contribution in [0.5, 0.6) is 0 Å². The molecule has 0 aliphatic rings. The van der Waals surface area contributed by atoms with E-state index < -0.39 is 0 Å². The van der Waals surface area contributed by atoms with Gasteiger partial charge in [-0.2, -0.15) is 0 Å². The molecule has 142 valence electrons. The molecule has 0 aliphatic heterocycles. The van der Waals surface area contributed by atoms with Crippen LogP contribution in [0.15, 0.2) is 60.8 Å². The largest absolute Gasteiger partial charge is 0.364 e. The molecule has 0 amide bonds. The summed E-state index contributed by atoms with van der Waals surface area (Å²) in [6.45, 7) is 10.3. The van der Waals surface area contributed by atoms with Crippen LogP contribution in [-0.2, 0) is 13.1 Å². The van der Waals surface area contributed by atoms with E-state index in [1.54, 1.807) is 0 Å². The molecule has 0 bridgehead atoms. The fourth-order valence-corrected chi connectivity index (χ4v) is 3.69. The number of benzene rings is 2. The summed E-state index contributed by atoms with van der Waals surface area (Å²) in [6.07, 6.45) is 1.91. The summed E-state index contributed by atoms with van der Waals surface area (Å²) < 4.78 is 2.39. The van der Waals surface area contributed by atoms with Gasteiger partial charge in [0.15, 0.2) is 5.82 Å². The number of pyridine rings is 1. The first-order valence-corrected chi connectivity index (χ1v) is 9.82. The minimum Gasteiger partial charge on any atom is -0.364 e. The number of nitrogens with zero attached hydrogens (tertiary/aromatic N) is 2. The quantitative estimate of drug-likeness (QED) is 0.472. The van der Waals surface area contributed by atoms with Crippen molar-refractivity contribution in [1.29, 1.82) is 0 Å². The standard InChI is InChI=1S/C25H27N3/c1-17-5-9-21(10-6-17)15-27-25-24-23(13-14-26-25)19(3)20(4)28(24)16-22-11-7-18(2)8-12-22/h5-14H,15-16H2,1-4H3,(H,26,27). The highest BCUT2D eigenvalue weighted by molar-refractivity contribution is 5.93. The molecule has 3 nitrogen and oxygen atoms in total. The normalized spacial score (nSPS) is 11.1. The minimum absolute atomic E-state index is 0.764. The van der Waals surface area contributed by atoms with Gasteiger partial charge in [0.1, 0.15) is 0 Å². The third-order valence-electron chi connectivity index (χ3n) is 5.59. The summed E-state index contributed by atoms with van der Waals surface area (Å²) in [7, 11) is 0. The van der Waals surface area contributed by atoms with Crippen molar-refractivity contribution in [2.45, 2.75) is 40.8 Å². The van der Waals surface area contributed by atoms with Gasteiger partial charge >= 0.3 is 0 Å². The molecule has 0 radical (unpaired) electrons. The highest BCUT2D eigenvalue weighted by atomic mass is 15.1. The van der Waals surface area contributed by atoms with Crippen LogP contribution in [0.4, 0.5) is 5.82 Å². The van der Waals surface area contributed by atoms with E-state index in [4.69, 9.17) is 0 Å². The molecule has 2 aromatic carbocycles. The van der Waals surface area contributed by atoms with Gasteiger partial charge in [-0.15, -0.1) is 0 Å². The molecule has 4 rings (SSSR count). The van der Waals surface area contributed by atoms with Gasteiger partial charge in [0.2, 0.25) is 0 Å². The lowest BCUT2D eigenvalue weighted by Crippen LogP contribution is -2.07. The Hall–Kier alpha value is -3.07. The molecular formula is C25H27N3. The monoisotopic (exact) mass is 369 g/mol. The fraction of sp³-hybridized carbons (Fsp3) is 0.240. The van der Waals surface area contributed by atoms with E-state index in [-0.39, 0.29) is 0 Å². The van der Waals surface area contributed by atoms with E-state index in [9.17, 15) is 0 Å². The maximum absolute atomic E-state index is 4.68. The zero-order valence-corrected chi connectivity index (χ0v) is 17.1. The Labute approximate surface area is 167 Å². The fourth-order valence-electron chi connectivity index (χ4n) is 3.69. The van der Waals surface area contributed by atoms with Gasteiger partial charge in [-0.05, 0) is 50.5 Å². The highest BCUT2D eigenvalue weighted by Gasteiger charge is 2.15. The number of fused-ring (bicyclic) bond motifs is 1. The molecule has 0 saturated heterocycles. The first-order valence-electron chi connectivity index (χ1n) is 9.82. The van der Waals surface area contributed by atoms with Crippen LogP contribution in [0, 0.1) is 27.7 Å². The van der Waals surface area contributed by atoms with Gasteiger partial charge in [0.05, 0.1) is 5.52 Å². The molecule has 0 aliphatic carbocycles. The molecule has 2 aromatic heterocycles. The zero-order chi connectivity index (χ0) is 19.7. The van der Waals surface area contributed by atoms with Gasteiger partial charge in [0.25, 0.3) is 0 Å². The van der Waals surface area contributed by atoms with E-state index in [0.717, 1.165) is 18.9 Å². The van der Waals surface area contributed by atoms with E-state index in [0.29, 0.717) is 0 Å². The van der Waals surface area contributed by atoms with E-state index in [1.807, 2.05) is 6.20 Å². The smallest absolute Gasteiger partial charge is 0.150 e. The molecule has 0 spiro atoms. The van der Waals surface area contributed by atoms with Crippen molar-refractivity contribution >= 4 is 16.7 Å². The van der Waals surface area contributed by atoms with Crippen molar-refractivity contribution < 1.29 is 0 Å². The Balaban J connectivity index is 1.71. The maximum atomic E-state index is 4.68. The van der Waals surface area contributed by atoms with Gasteiger partial charge in [0, 0.05) is 30.4 Å². The second kappa shape index (κ2) is 7.51. The van der Waals surface area contributed by atoms with Crippen LogP contribution in [0.1, 0.15) is 33.5 Å². The Kier molecular flexibility index (Phi) is 4.91. The predicted octanol–water partition coefficient (Wildman–Crippen LogP) is 5.93. The first kappa shape index (κ1) is 18.3. The lowest BCUT2D eigenvalue weighted by molar-refractivity contribution is 0.799. The number of hydrogen-bond donors (Lipinski definition) is 1. The lowest BCUT2D eigenvalue weighted by Gasteiger charge is -2.13.